The first-order valence-corrected chi connectivity index (χ1v) is 7.05. The third-order valence-corrected chi connectivity index (χ3v) is 4.15. The number of aromatic nitrogens is 3. The fourth-order valence-electron chi connectivity index (χ4n) is 2.02. The maximum atomic E-state index is 12.1. The molecule has 0 saturated carbocycles. The topological polar surface area (TPSA) is 71.8 Å². The van der Waals surface area contributed by atoms with E-state index >= 15 is 0 Å². The number of hydrogen-bond donors (Lipinski definition) is 2. The van der Waals surface area contributed by atoms with Gasteiger partial charge in [-0.15, -0.1) is 11.3 Å². The quantitative estimate of drug-likeness (QED) is 0.884. The molecule has 100 valence electrons. The van der Waals surface area contributed by atoms with E-state index in [1.54, 1.807) is 34.5 Å². The predicted molar refractivity (Wildman–Crippen MR) is 73.1 cm³/mol. The summed E-state index contributed by atoms with van der Waals surface area (Å²) in [5.74, 6) is -0.0947. The smallest absolute Gasteiger partial charge is 0.250 e. The van der Waals surface area contributed by atoms with Crippen LogP contribution in [0.4, 0.5) is 5.13 Å². The van der Waals surface area contributed by atoms with Crippen molar-refractivity contribution < 1.29 is 4.79 Å². The van der Waals surface area contributed by atoms with Gasteiger partial charge in [0.25, 0.3) is 5.91 Å². The largest absolute Gasteiger partial charge is 0.311 e. The third kappa shape index (κ3) is 2.52. The molecule has 0 aromatic carbocycles. The number of amides is 1. The van der Waals surface area contributed by atoms with Gasteiger partial charge in [-0.1, -0.05) is 0 Å². The lowest BCUT2D eigenvalue weighted by Crippen LogP contribution is -2.24. The molecule has 1 unspecified atom stereocenters. The van der Waals surface area contributed by atoms with Crippen molar-refractivity contribution in [2.75, 3.05) is 11.9 Å². The van der Waals surface area contributed by atoms with Crippen molar-refractivity contribution >= 4 is 22.4 Å². The highest BCUT2D eigenvalue weighted by atomic mass is 32.1. The molecule has 3 rings (SSSR count). The fraction of sp³-hybridized carbons (Fsp3) is 0.417. The molecule has 2 N–H and O–H groups in total. The van der Waals surface area contributed by atoms with Crippen molar-refractivity contribution in [3.8, 4) is 0 Å². The van der Waals surface area contributed by atoms with Gasteiger partial charge in [0, 0.05) is 36.8 Å². The second-order valence-corrected chi connectivity index (χ2v) is 5.55. The Kier molecular flexibility index (Phi) is 3.31. The Hall–Kier alpha value is -1.73. The minimum absolute atomic E-state index is 0.0947. The molecule has 0 bridgehead atoms. The van der Waals surface area contributed by atoms with Crippen molar-refractivity contribution in [1.82, 2.24) is 20.1 Å². The van der Waals surface area contributed by atoms with Crippen LogP contribution in [0, 0.1) is 0 Å². The van der Waals surface area contributed by atoms with Crippen molar-refractivity contribution in [1.29, 1.82) is 0 Å². The van der Waals surface area contributed by atoms with Crippen LogP contribution in [0.25, 0.3) is 0 Å². The first kappa shape index (κ1) is 12.3. The lowest BCUT2D eigenvalue weighted by Gasteiger charge is -2.10. The Morgan fingerprint density at radius 3 is 3.26 bits per heavy atom. The van der Waals surface area contributed by atoms with E-state index in [0.717, 1.165) is 25.2 Å². The van der Waals surface area contributed by atoms with Crippen LogP contribution in [0.15, 0.2) is 18.5 Å². The number of carbonyl (C=O) groups is 1. The molecule has 0 saturated heterocycles. The number of nitrogens with one attached hydrogen (secondary N) is 2. The van der Waals surface area contributed by atoms with Crippen LogP contribution < -0.4 is 10.6 Å². The third-order valence-electron chi connectivity index (χ3n) is 3.13. The monoisotopic (exact) mass is 277 g/mol. The van der Waals surface area contributed by atoms with Crippen molar-refractivity contribution in [2.45, 2.75) is 25.9 Å². The van der Waals surface area contributed by atoms with E-state index in [0.29, 0.717) is 5.13 Å². The summed E-state index contributed by atoms with van der Waals surface area (Å²) in [6, 6.07) is 1.46. The zero-order valence-corrected chi connectivity index (χ0v) is 11.4. The van der Waals surface area contributed by atoms with Crippen LogP contribution >= 0.6 is 11.3 Å². The standard InChI is InChI=1S/C12H15N5OS/c1-8(17-6-2-4-14-17)11(18)16-12-15-9-3-5-13-7-10(9)19-12/h2,4,6,8,13H,3,5,7H2,1H3,(H,15,16,18). The highest BCUT2D eigenvalue weighted by molar-refractivity contribution is 7.15. The average Bonchev–Trinajstić information content (AvgIpc) is 3.06. The molecular formula is C12H15N5OS. The van der Waals surface area contributed by atoms with Gasteiger partial charge in [-0.2, -0.15) is 5.10 Å². The van der Waals surface area contributed by atoms with Crippen molar-refractivity contribution in [2.24, 2.45) is 0 Å². The number of hydrogen-bond acceptors (Lipinski definition) is 5. The molecule has 1 aliphatic rings. The first-order chi connectivity index (χ1) is 9.24. The minimum Gasteiger partial charge on any atom is -0.311 e. The zero-order valence-electron chi connectivity index (χ0n) is 10.6. The number of carbonyl (C=O) groups excluding carboxylic acids is 1. The van der Waals surface area contributed by atoms with Crippen molar-refractivity contribution in [3.05, 3.63) is 29.0 Å². The summed E-state index contributed by atoms with van der Waals surface area (Å²) in [6.07, 6.45) is 4.37. The number of fused-ring (bicyclic) bond motifs is 1. The molecule has 0 fully saturated rings. The lowest BCUT2D eigenvalue weighted by molar-refractivity contribution is -0.119. The van der Waals surface area contributed by atoms with Gasteiger partial charge >= 0.3 is 0 Å². The summed E-state index contributed by atoms with van der Waals surface area (Å²) in [7, 11) is 0. The Morgan fingerprint density at radius 2 is 2.53 bits per heavy atom. The van der Waals surface area contributed by atoms with Gasteiger partial charge in [-0.3, -0.25) is 9.48 Å². The second kappa shape index (κ2) is 5.10. The summed E-state index contributed by atoms with van der Waals surface area (Å²) < 4.78 is 1.63. The maximum absolute atomic E-state index is 12.1. The lowest BCUT2D eigenvalue weighted by atomic mass is 10.2. The SMILES string of the molecule is CC(C(=O)Nc1nc2c(s1)CNCC2)n1cccn1. The van der Waals surface area contributed by atoms with Gasteiger partial charge < -0.3 is 10.6 Å². The van der Waals surface area contributed by atoms with E-state index in [4.69, 9.17) is 0 Å². The number of anilines is 1. The van der Waals surface area contributed by atoms with E-state index in [1.807, 2.05) is 6.92 Å². The van der Waals surface area contributed by atoms with Gasteiger partial charge in [0.15, 0.2) is 5.13 Å². The Morgan fingerprint density at radius 1 is 1.63 bits per heavy atom. The fourth-order valence-corrected chi connectivity index (χ4v) is 3.00. The summed E-state index contributed by atoms with van der Waals surface area (Å²) in [6.45, 7) is 3.61. The molecular weight excluding hydrogens is 262 g/mol. The molecule has 0 spiro atoms. The Balaban J connectivity index is 1.71. The molecule has 0 aliphatic carbocycles. The molecule has 2 aromatic rings. The number of thiazole rings is 1. The van der Waals surface area contributed by atoms with E-state index < -0.39 is 0 Å². The zero-order chi connectivity index (χ0) is 13.2. The molecule has 2 aromatic heterocycles. The van der Waals surface area contributed by atoms with E-state index in [9.17, 15) is 4.79 Å². The number of rotatable bonds is 3. The molecule has 19 heavy (non-hydrogen) atoms. The molecule has 0 radical (unpaired) electrons. The van der Waals surface area contributed by atoms with Gasteiger partial charge in [-0.25, -0.2) is 4.98 Å². The van der Waals surface area contributed by atoms with Gasteiger partial charge in [0.05, 0.1) is 5.69 Å². The minimum atomic E-state index is -0.339. The molecule has 7 heteroatoms. The van der Waals surface area contributed by atoms with Gasteiger partial charge in [0.2, 0.25) is 0 Å². The van der Waals surface area contributed by atoms with Gasteiger partial charge in [0.1, 0.15) is 6.04 Å². The first-order valence-electron chi connectivity index (χ1n) is 6.23. The average molecular weight is 277 g/mol. The Bertz CT molecular complexity index is 553. The van der Waals surface area contributed by atoms with E-state index in [2.05, 4.69) is 20.7 Å². The molecule has 1 amide bonds. The van der Waals surface area contributed by atoms with Gasteiger partial charge in [-0.05, 0) is 13.0 Å². The maximum Gasteiger partial charge on any atom is 0.250 e. The molecule has 6 nitrogen and oxygen atoms in total. The number of nitrogens with zero attached hydrogens (tertiary/aromatic N) is 3. The van der Waals surface area contributed by atoms with Crippen LogP contribution in [0.2, 0.25) is 0 Å². The van der Waals surface area contributed by atoms with Crippen LogP contribution in [0.1, 0.15) is 23.5 Å². The van der Waals surface area contributed by atoms with E-state index in [1.165, 1.54) is 4.88 Å². The highest BCUT2D eigenvalue weighted by Crippen LogP contribution is 2.25. The van der Waals surface area contributed by atoms with E-state index in [-0.39, 0.29) is 11.9 Å². The van der Waals surface area contributed by atoms with Crippen LogP contribution in [0.5, 0.6) is 0 Å². The van der Waals surface area contributed by atoms with Crippen molar-refractivity contribution in [3.63, 3.8) is 0 Å². The second-order valence-electron chi connectivity index (χ2n) is 4.47. The normalized spacial score (nSPS) is 15.8. The summed E-state index contributed by atoms with van der Waals surface area (Å²) in [5, 5.41) is 10.9. The summed E-state index contributed by atoms with van der Waals surface area (Å²) in [5.41, 5.74) is 1.10. The molecule has 1 aliphatic heterocycles. The van der Waals surface area contributed by atoms with Crippen LogP contribution in [-0.2, 0) is 17.8 Å². The summed E-state index contributed by atoms with van der Waals surface area (Å²) in [4.78, 5) is 17.8. The predicted octanol–water partition coefficient (Wildman–Crippen LogP) is 1.19. The summed E-state index contributed by atoms with van der Waals surface area (Å²) >= 11 is 1.54. The Labute approximate surface area is 114 Å². The molecule has 1 atom stereocenters. The highest BCUT2D eigenvalue weighted by Gasteiger charge is 2.19. The molecule has 3 heterocycles. The van der Waals surface area contributed by atoms with Crippen LogP contribution in [-0.4, -0.2) is 27.2 Å². The van der Waals surface area contributed by atoms with Crippen LogP contribution in [0.3, 0.4) is 0 Å².